The second-order valence-electron chi connectivity index (χ2n) is 5.43. The largest absolute Gasteiger partial charge is 0.484 e. The Labute approximate surface area is 157 Å². The van der Waals surface area contributed by atoms with Crippen LogP contribution < -0.4 is 10.1 Å². The van der Waals surface area contributed by atoms with E-state index in [0.29, 0.717) is 40.7 Å². The van der Waals surface area contributed by atoms with E-state index in [9.17, 15) is 9.59 Å². The number of carbonyl (C=O) groups is 2. The Balaban J connectivity index is 1.74. The van der Waals surface area contributed by atoms with Crippen LogP contribution in [0.5, 0.6) is 5.75 Å². The second-order valence-corrected chi connectivity index (χ2v) is 6.27. The van der Waals surface area contributed by atoms with E-state index in [1.165, 1.54) is 0 Å². The number of Topliss-reactive ketones (excluding diaryl/α,β-unsaturated/α-hetero) is 1. The number of carbonyl (C=O) groups excluding carboxylic acids is 2. The number of ether oxygens (including phenoxy) is 1. The van der Waals surface area contributed by atoms with Crippen LogP contribution in [0.1, 0.15) is 29.3 Å². The molecule has 0 atom stereocenters. The molecule has 0 aromatic heterocycles. The van der Waals surface area contributed by atoms with Crippen LogP contribution >= 0.6 is 23.2 Å². The van der Waals surface area contributed by atoms with Gasteiger partial charge >= 0.3 is 0 Å². The molecule has 0 saturated heterocycles. The second kappa shape index (κ2) is 9.44. The number of nitrogens with one attached hydrogen (secondary N) is 1. The average molecular weight is 380 g/mol. The van der Waals surface area contributed by atoms with Gasteiger partial charge in [0.1, 0.15) is 5.75 Å². The predicted octanol–water partition coefficient (Wildman–Crippen LogP) is 4.32. The van der Waals surface area contributed by atoms with Gasteiger partial charge in [0.05, 0.1) is 0 Å². The maximum Gasteiger partial charge on any atom is 0.257 e. The number of ketones is 1. The van der Waals surface area contributed by atoms with Gasteiger partial charge in [-0.05, 0) is 48.4 Å². The molecule has 0 unspecified atom stereocenters. The first kappa shape index (κ1) is 19.3. The molecule has 2 aromatic rings. The molecule has 0 saturated carbocycles. The van der Waals surface area contributed by atoms with Crippen LogP contribution in [0.4, 0.5) is 0 Å². The minimum absolute atomic E-state index is 0.0742. The van der Waals surface area contributed by atoms with Gasteiger partial charge in [-0.25, -0.2) is 0 Å². The first-order chi connectivity index (χ1) is 12.0. The smallest absolute Gasteiger partial charge is 0.257 e. The molecule has 0 bridgehead atoms. The van der Waals surface area contributed by atoms with Crippen LogP contribution in [0.2, 0.25) is 10.0 Å². The van der Waals surface area contributed by atoms with E-state index in [2.05, 4.69) is 5.32 Å². The normalized spacial score (nSPS) is 10.4. The summed E-state index contributed by atoms with van der Waals surface area (Å²) in [4.78, 5) is 23.4. The highest BCUT2D eigenvalue weighted by molar-refractivity contribution is 6.35. The Hall–Kier alpha value is -2.04. The molecular weight excluding hydrogens is 361 g/mol. The zero-order valence-electron chi connectivity index (χ0n) is 13.9. The molecule has 0 aliphatic heterocycles. The molecule has 2 aromatic carbocycles. The predicted molar refractivity (Wildman–Crippen MR) is 99.7 cm³/mol. The summed E-state index contributed by atoms with van der Waals surface area (Å²) < 4.78 is 5.41. The van der Waals surface area contributed by atoms with Crippen molar-refractivity contribution < 1.29 is 14.3 Å². The minimum atomic E-state index is -0.223. The number of hydrogen-bond acceptors (Lipinski definition) is 3. The van der Waals surface area contributed by atoms with Crippen LogP contribution in [0.25, 0.3) is 0 Å². The van der Waals surface area contributed by atoms with E-state index >= 15 is 0 Å². The van der Waals surface area contributed by atoms with E-state index in [-0.39, 0.29) is 18.3 Å². The molecule has 0 fully saturated rings. The van der Waals surface area contributed by atoms with Crippen LogP contribution in [0.15, 0.2) is 42.5 Å². The van der Waals surface area contributed by atoms with Gasteiger partial charge in [0, 0.05) is 28.6 Å². The summed E-state index contributed by atoms with van der Waals surface area (Å²) in [5, 5.41) is 3.94. The van der Waals surface area contributed by atoms with Gasteiger partial charge in [-0.15, -0.1) is 0 Å². The molecular formula is C19H19Cl2NO3. The summed E-state index contributed by atoms with van der Waals surface area (Å²) in [5.41, 5.74) is 1.56. The fourth-order valence-corrected chi connectivity index (χ4v) is 2.71. The van der Waals surface area contributed by atoms with Crippen LogP contribution in [-0.4, -0.2) is 24.8 Å². The lowest BCUT2D eigenvalue weighted by molar-refractivity contribution is -0.123. The maximum atomic E-state index is 11.8. The third kappa shape index (κ3) is 6.07. The Morgan fingerprint density at radius 3 is 2.44 bits per heavy atom. The van der Waals surface area contributed by atoms with E-state index < -0.39 is 0 Å². The molecule has 25 heavy (non-hydrogen) atoms. The van der Waals surface area contributed by atoms with E-state index in [4.69, 9.17) is 27.9 Å². The van der Waals surface area contributed by atoms with Crippen LogP contribution in [0, 0.1) is 0 Å². The fourth-order valence-electron chi connectivity index (χ4n) is 2.20. The summed E-state index contributed by atoms with van der Waals surface area (Å²) in [6.07, 6.45) is 1.07. The van der Waals surface area contributed by atoms with Crippen molar-refractivity contribution >= 4 is 34.9 Å². The van der Waals surface area contributed by atoms with Gasteiger partial charge in [0.15, 0.2) is 12.4 Å². The number of benzene rings is 2. The van der Waals surface area contributed by atoms with Gasteiger partial charge in [-0.2, -0.15) is 0 Å². The van der Waals surface area contributed by atoms with Crippen molar-refractivity contribution in [3.63, 3.8) is 0 Å². The van der Waals surface area contributed by atoms with Crippen molar-refractivity contribution in [1.82, 2.24) is 5.32 Å². The van der Waals surface area contributed by atoms with Gasteiger partial charge in [0.2, 0.25) is 0 Å². The van der Waals surface area contributed by atoms with Gasteiger partial charge < -0.3 is 10.1 Å². The zero-order valence-corrected chi connectivity index (χ0v) is 15.4. The van der Waals surface area contributed by atoms with Gasteiger partial charge in [0.25, 0.3) is 5.91 Å². The van der Waals surface area contributed by atoms with Crippen molar-refractivity contribution in [1.29, 1.82) is 0 Å². The first-order valence-corrected chi connectivity index (χ1v) is 8.72. The highest BCUT2D eigenvalue weighted by Crippen LogP contribution is 2.21. The van der Waals surface area contributed by atoms with Crippen molar-refractivity contribution in [3.8, 4) is 5.75 Å². The Bertz CT molecular complexity index is 745. The standard InChI is InChI=1S/C19H19Cl2NO3/c1-2-18(23)14-4-7-16(8-5-14)25-12-19(24)22-10-9-13-3-6-15(20)11-17(13)21/h3-8,11H,2,9-10,12H2,1H3,(H,22,24). The van der Waals surface area contributed by atoms with E-state index in [0.717, 1.165) is 5.56 Å². The Morgan fingerprint density at radius 1 is 1.08 bits per heavy atom. The number of rotatable bonds is 8. The zero-order chi connectivity index (χ0) is 18.2. The lowest BCUT2D eigenvalue weighted by Crippen LogP contribution is -2.30. The van der Waals surface area contributed by atoms with Gasteiger partial charge in [-0.3, -0.25) is 9.59 Å². The first-order valence-electron chi connectivity index (χ1n) is 7.96. The van der Waals surface area contributed by atoms with Gasteiger partial charge in [-0.1, -0.05) is 36.2 Å². The van der Waals surface area contributed by atoms with Crippen molar-refractivity contribution in [2.75, 3.05) is 13.2 Å². The van der Waals surface area contributed by atoms with Crippen molar-refractivity contribution in [3.05, 3.63) is 63.6 Å². The highest BCUT2D eigenvalue weighted by atomic mass is 35.5. The fraction of sp³-hybridized carbons (Fsp3) is 0.263. The molecule has 1 N–H and O–H groups in total. The lowest BCUT2D eigenvalue weighted by atomic mass is 10.1. The summed E-state index contributed by atoms with van der Waals surface area (Å²) in [6, 6.07) is 12.0. The third-order valence-electron chi connectivity index (χ3n) is 3.60. The number of amides is 1. The molecule has 0 spiro atoms. The van der Waals surface area contributed by atoms with E-state index in [1.807, 2.05) is 13.0 Å². The number of halogens is 2. The third-order valence-corrected chi connectivity index (χ3v) is 4.19. The minimum Gasteiger partial charge on any atom is -0.484 e. The van der Waals surface area contributed by atoms with Crippen molar-refractivity contribution in [2.45, 2.75) is 19.8 Å². The molecule has 4 nitrogen and oxygen atoms in total. The molecule has 0 heterocycles. The van der Waals surface area contributed by atoms with Crippen LogP contribution in [0.3, 0.4) is 0 Å². The molecule has 0 aliphatic rings. The van der Waals surface area contributed by atoms with Crippen LogP contribution in [-0.2, 0) is 11.2 Å². The number of hydrogen-bond donors (Lipinski definition) is 1. The topological polar surface area (TPSA) is 55.4 Å². The summed E-state index contributed by atoms with van der Waals surface area (Å²) in [6.45, 7) is 2.18. The Kier molecular flexibility index (Phi) is 7.29. The maximum absolute atomic E-state index is 11.8. The lowest BCUT2D eigenvalue weighted by Gasteiger charge is -2.09. The summed E-state index contributed by atoms with van der Waals surface area (Å²) in [5.74, 6) is 0.396. The summed E-state index contributed by atoms with van der Waals surface area (Å²) in [7, 11) is 0. The highest BCUT2D eigenvalue weighted by Gasteiger charge is 2.06. The average Bonchev–Trinajstić information content (AvgIpc) is 2.61. The molecule has 6 heteroatoms. The molecule has 0 radical (unpaired) electrons. The molecule has 132 valence electrons. The van der Waals surface area contributed by atoms with E-state index in [1.54, 1.807) is 36.4 Å². The SMILES string of the molecule is CCC(=O)c1ccc(OCC(=O)NCCc2ccc(Cl)cc2Cl)cc1. The summed E-state index contributed by atoms with van der Waals surface area (Å²) >= 11 is 11.9. The Morgan fingerprint density at radius 2 is 1.80 bits per heavy atom. The molecule has 0 aliphatic carbocycles. The molecule has 2 rings (SSSR count). The quantitative estimate of drug-likeness (QED) is 0.694. The molecule has 1 amide bonds. The monoisotopic (exact) mass is 379 g/mol. The van der Waals surface area contributed by atoms with Crippen molar-refractivity contribution in [2.24, 2.45) is 0 Å².